The number of hydrogen-bond acceptors (Lipinski definition) is 6. The summed E-state index contributed by atoms with van der Waals surface area (Å²) in [4.78, 5) is 18.2. The van der Waals surface area contributed by atoms with Gasteiger partial charge < -0.3 is 19.7 Å². The summed E-state index contributed by atoms with van der Waals surface area (Å²) in [5, 5.41) is 13.3. The molecule has 1 aliphatic rings. The van der Waals surface area contributed by atoms with Crippen molar-refractivity contribution in [3.8, 4) is 5.88 Å². The summed E-state index contributed by atoms with van der Waals surface area (Å²) in [5.41, 5.74) is 1.31. The molecule has 0 unspecified atom stereocenters. The zero-order valence-electron chi connectivity index (χ0n) is 12.9. The molecular weight excluding hydrogens is 300 g/mol. The number of methoxy groups -OCH3 is 2. The number of anilines is 1. The molecule has 9 nitrogen and oxygen atoms in total. The van der Waals surface area contributed by atoms with Crippen LogP contribution in [0.25, 0.3) is 0 Å². The molecule has 0 radical (unpaired) electrons. The van der Waals surface area contributed by atoms with Crippen molar-refractivity contribution in [3.05, 3.63) is 30.2 Å². The minimum Gasteiger partial charge on any atom is -0.480 e. The average molecular weight is 318 g/mol. The first-order chi connectivity index (χ1) is 11.2. The number of nitrogens with zero attached hydrogens (tertiary/aromatic N) is 4. The maximum absolute atomic E-state index is 12.5. The Morgan fingerprint density at radius 3 is 3.00 bits per heavy atom. The van der Waals surface area contributed by atoms with Gasteiger partial charge in [0.1, 0.15) is 5.69 Å². The fraction of sp³-hybridized carbons (Fsp3) is 0.429. The van der Waals surface area contributed by atoms with Crippen LogP contribution in [0.3, 0.4) is 0 Å². The van der Waals surface area contributed by atoms with Gasteiger partial charge in [-0.15, -0.1) is 0 Å². The van der Waals surface area contributed by atoms with Crippen molar-refractivity contribution in [1.82, 2.24) is 25.3 Å². The molecule has 2 aromatic heterocycles. The van der Waals surface area contributed by atoms with Crippen molar-refractivity contribution >= 4 is 11.7 Å². The third kappa shape index (κ3) is 3.09. The van der Waals surface area contributed by atoms with E-state index in [-0.39, 0.29) is 18.1 Å². The van der Waals surface area contributed by atoms with E-state index in [1.165, 1.54) is 7.11 Å². The molecule has 1 aliphatic heterocycles. The number of nitrogens with one attached hydrogen (secondary N) is 2. The Kier molecular flexibility index (Phi) is 4.38. The SMILES string of the molecule is COc1ncccc1NC(=O)N1C[C@@H](OC)[C@H](c2cn[nH]n2)C1. The van der Waals surface area contributed by atoms with E-state index in [4.69, 9.17) is 9.47 Å². The second-order valence-corrected chi connectivity index (χ2v) is 5.17. The van der Waals surface area contributed by atoms with Crippen LogP contribution in [-0.2, 0) is 4.74 Å². The smallest absolute Gasteiger partial charge is 0.322 e. The summed E-state index contributed by atoms with van der Waals surface area (Å²) in [7, 11) is 3.14. The lowest BCUT2D eigenvalue weighted by Crippen LogP contribution is -2.34. The Hall–Kier alpha value is -2.68. The predicted octanol–water partition coefficient (Wildman–Crippen LogP) is 0.855. The summed E-state index contributed by atoms with van der Waals surface area (Å²) in [6.07, 6.45) is 3.13. The highest BCUT2D eigenvalue weighted by Crippen LogP contribution is 2.29. The number of hydrogen-bond donors (Lipinski definition) is 2. The maximum atomic E-state index is 12.5. The summed E-state index contributed by atoms with van der Waals surface area (Å²) < 4.78 is 10.6. The van der Waals surface area contributed by atoms with Crippen LogP contribution in [0.15, 0.2) is 24.5 Å². The lowest BCUT2D eigenvalue weighted by atomic mass is 10.0. The molecule has 122 valence electrons. The minimum atomic E-state index is -0.232. The average Bonchev–Trinajstić information content (AvgIpc) is 3.24. The van der Waals surface area contributed by atoms with Crippen LogP contribution < -0.4 is 10.1 Å². The van der Waals surface area contributed by atoms with Gasteiger partial charge >= 0.3 is 6.03 Å². The normalized spacial score (nSPS) is 20.5. The van der Waals surface area contributed by atoms with Crippen LogP contribution in [0, 0.1) is 0 Å². The molecule has 0 saturated carbocycles. The molecule has 0 bridgehead atoms. The number of urea groups is 1. The molecule has 1 fully saturated rings. The van der Waals surface area contributed by atoms with E-state index in [9.17, 15) is 4.79 Å². The van der Waals surface area contributed by atoms with Crippen molar-refractivity contribution in [1.29, 1.82) is 0 Å². The van der Waals surface area contributed by atoms with Crippen LogP contribution in [-0.4, -0.2) is 64.7 Å². The zero-order chi connectivity index (χ0) is 16.2. The number of rotatable bonds is 4. The third-order valence-electron chi connectivity index (χ3n) is 3.88. The minimum absolute atomic E-state index is 0.0136. The van der Waals surface area contributed by atoms with Gasteiger partial charge in [0.25, 0.3) is 0 Å². The Bertz CT molecular complexity index is 662. The number of carbonyl (C=O) groups is 1. The fourth-order valence-electron chi connectivity index (χ4n) is 2.69. The van der Waals surface area contributed by atoms with Crippen molar-refractivity contribution in [2.24, 2.45) is 0 Å². The quantitative estimate of drug-likeness (QED) is 0.866. The van der Waals surface area contributed by atoms with Crippen LogP contribution in [0.2, 0.25) is 0 Å². The van der Waals surface area contributed by atoms with Crippen molar-refractivity contribution in [2.45, 2.75) is 12.0 Å². The standard InChI is InChI=1S/C14H18N6O3/c1-22-12-8-20(7-9(12)11-6-16-19-18-11)14(21)17-10-4-3-5-15-13(10)23-2/h3-6,9,12H,7-8H2,1-2H3,(H,17,21)(H,16,18,19)/t9-,12+/m0/s1. The zero-order valence-corrected chi connectivity index (χ0v) is 12.9. The second kappa shape index (κ2) is 6.61. The summed E-state index contributed by atoms with van der Waals surface area (Å²) in [6, 6.07) is 3.24. The van der Waals surface area contributed by atoms with E-state index >= 15 is 0 Å². The number of aromatic amines is 1. The molecule has 2 atom stereocenters. The van der Waals surface area contributed by atoms with Gasteiger partial charge in [-0.05, 0) is 12.1 Å². The van der Waals surface area contributed by atoms with Gasteiger partial charge in [-0.1, -0.05) is 0 Å². The second-order valence-electron chi connectivity index (χ2n) is 5.17. The first-order valence-corrected chi connectivity index (χ1v) is 7.16. The highest BCUT2D eigenvalue weighted by molar-refractivity contribution is 5.90. The lowest BCUT2D eigenvalue weighted by Gasteiger charge is -2.17. The molecule has 1 saturated heterocycles. The highest BCUT2D eigenvalue weighted by Gasteiger charge is 2.38. The van der Waals surface area contributed by atoms with Gasteiger partial charge in [0.2, 0.25) is 5.88 Å². The number of amides is 2. The van der Waals surface area contributed by atoms with Crippen molar-refractivity contribution in [3.63, 3.8) is 0 Å². The van der Waals surface area contributed by atoms with Gasteiger partial charge in [0, 0.05) is 26.4 Å². The van der Waals surface area contributed by atoms with Crippen molar-refractivity contribution in [2.75, 3.05) is 32.6 Å². The Morgan fingerprint density at radius 2 is 2.30 bits per heavy atom. The van der Waals surface area contributed by atoms with Gasteiger partial charge in [-0.25, -0.2) is 9.78 Å². The number of H-pyrrole nitrogens is 1. The predicted molar refractivity (Wildman–Crippen MR) is 81.3 cm³/mol. The molecule has 2 amide bonds. The molecule has 0 aromatic carbocycles. The molecule has 0 aliphatic carbocycles. The van der Waals surface area contributed by atoms with E-state index in [0.717, 1.165) is 5.69 Å². The van der Waals surface area contributed by atoms with E-state index in [2.05, 4.69) is 25.7 Å². The fourth-order valence-corrected chi connectivity index (χ4v) is 2.69. The molecular formula is C14H18N6O3. The monoisotopic (exact) mass is 318 g/mol. The van der Waals surface area contributed by atoms with E-state index in [1.807, 2.05) is 0 Å². The molecule has 23 heavy (non-hydrogen) atoms. The number of carbonyl (C=O) groups excluding carboxylic acids is 1. The van der Waals surface area contributed by atoms with Crippen LogP contribution in [0.1, 0.15) is 11.6 Å². The molecule has 2 aromatic rings. The molecule has 3 heterocycles. The summed E-state index contributed by atoms with van der Waals surface area (Å²) in [5.74, 6) is 0.358. The van der Waals surface area contributed by atoms with E-state index in [0.29, 0.717) is 24.7 Å². The number of aromatic nitrogens is 4. The van der Waals surface area contributed by atoms with Gasteiger partial charge in [0.15, 0.2) is 0 Å². The van der Waals surface area contributed by atoms with Gasteiger partial charge in [-0.2, -0.15) is 15.4 Å². The largest absolute Gasteiger partial charge is 0.480 e. The molecule has 9 heteroatoms. The Balaban J connectivity index is 1.71. The third-order valence-corrected chi connectivity index (χ3v) is 3.88. The summed E-state index contributed by atoms with van der Waals surface area (Å²) in [6.45, 7) is 0.974. The number of pyridine rings is 1. The first-order valence-electron chi connectivity index (χ1n) is 7.16. The van der Waals surface area contributed by atoms with E-state index < -0.39 is 0 Å². The van der Waals surface area contributed by atoms with Crippen LogP contribution in [0.4, 0.5) is 10.5 Å². The number of likely N-dealkylation sites (tertiary alicyclic amines) is 1. The first kappa shape index (κ1) is 15.2. The number of ether oxygens (including phenoxy) is 2. The topological polar surface area (TPSA) is 105 Å². The molecule has 3 rings (SSSR count). The van der Waals surface area contributed by atoms with E-state index in [1.54, 1.807) is 36.5 Å². The summed E-state index contributed by atoms with van der Waals surface area (Å²) >= 11 is 0. The molecule has 2 N–H and O–H groups in total. The van der Waals surface area contributed by atoms with Crippen molar-refractivity contribution < 1.29 is 14.3 Å². The highest BCUT2D eigenvalue weighted by atomic mass is 16.5. The van der Waals surface area contributed by atoms with Gasteiger partial charge in [-0.3, -0.25) is 0 Å². The maximum Gasteiger partial charge on any atom is 0.322 e. The van der Waals surface area contributed by atoms with Crippen LogP contribution in [0.5, 0.6) is 5.88 Å². The Labute approximate surface area is 133 Å². The Morgan fingerprint density at radius 1 is 1.43 bits per heavy atom. The van der Waals surface area contributed by atoms with Gasteiger partial charge in [0.05, 0.1) is 31.0 Å². The molecule has 0 spiro atoms. The van der Waals surface area contributed by atoms with Crippen LogP contribution >= 0.6 is 0 Å². The lowest BCUT2D eigenvalue weighted by molar-refractivity contribution is 0.0987.